The van der Waals surface area contributed by atoms with Gasteiger partial charge in [-0.1, -0.05) is 88.7 Å². The number of rotatable bonds is 8. The Morgan fingerprint density at radius 3 is 2.19 bits per heavy atom. The summed E-state index contributed by atoms with van der Waals surface area (Å²) in [6.45, 7) is 1.18. The highest BCUT2D eigenvalue weighted by Gasteiger charge is 2.22. The molecule has 5 aromatic rings. The maximum atomic E-state index is 13.2. The van der Waals surface area contributed by atoms with Gasteiger partial charge in [-0.05, 0) is 28.8 Å². The lowest BCUT2D eigenvalue weighted by atomic mass is 9.90. The number of carbonyl (C=O) groups is 1. The predicted molar refractivity (Wildman–Crippen MR) is 143 cm³/mol. The van der Waals surface area contributed by atoms with Crippen LogP contribution in [0.5, 0.6) is 0 Å². The minimum Gasteiger partial charge on any atom is -0.353 e. The Balaban J connectivity index is 1.29. The molecule has 1 N–H and O–H groups in total. The molecule has 180 valence electrons. The third kappa shape index (κ3) is 5.13. The summed E-state index contributed by atoms with van der Waals surface area (Å²) in [4.78, 5) is 30.7. The van der Waals surface area contributed by atoms with Crippen molar-refractivity contribution in [3.63, 3.8) is 0 Å². The van der Waals surface area contributed by atoms with Gasteiger partial charge >= 0.3 is 0 Å². The first-order chi connectivity index (χ1) is 17.6. The molecule has 0 aliphatic rings. The molecule has 0 atom stereocenters. The topological polar surface area (TPSA) is 81.8 Å². The molecule has 0 saturated carbocycles. The van der Waals surface area contributed by atoms with E-state index in [2.05, 4.69) is 31.3 Å². The van der Waals surface area contributed by atoms with Gasteiger partial charge in [-0.15, -0.1) is 0 Å². The summed E-state index contributed by atoms with van der Waals surface area (Å²) in [5.74, 6) is -0.501. The van der Waals surface area contributed by atoms with Gasteiger partial charge in [0.15, 0.2) is 5.65 Å². The second-order valence-corrected chi connectivity index (χ2v) is 9.37. The second-order valence-electron chi connectivity index (χ2n) is 8.45. The number of aromatic nitrogens is 4. The Hall–Kier alpha value is -4.04. The molecule has 8 heteroatoms. The third-order valence-electron chi connectivity index (χ3n) is 6.04. The van der Waals surface area contributed by atoms with Crippen LogP contribution in [0.2, 0.25) is 0 Å². The van der Waals surface area contributed by atoms with Crippen LogP contribution in [0.3, 0.4) is 0 Å². The Kier molecular flexibility index (Phi) is 7.04. The number of nitrogens with one attached hydrogen (secondary N) is 1. The standard InChI is InChI=1S/C28H24BrN5O2/c29-23-13-11-20(12-14-23)18-33-19-31-26-24(28(33)36)17-32-34(26)16-15-30-27(35)25(21-7-3-1-4-8-21)22-9-5-2-6-10-22/h1-14,17,19,25H,15-16,18H2,(H,30,35). The van der Waals surface area contributed by atoms with E-state index in [-0.39, 0.29) is 11.5 Å². The summed E-state index contributed by atoms with van der Waals surface area (Å²) in [6.07, 6.45) is 3.09. The van der Waals surface area contributed by atoms with Crippen molar-refractivity contribution in [2.75, 3.05) is 6.54 Å². The quantitative estimate of drug-likeness (QED) is 0.316. The number of hydrogen-bond donors (Lipinski definition) is 1. The molecule has 0 saturated heterocycles. The van der Waals surface area contributed by atoms with Crippen molar-refractivity contribution >= 4 is 32.9 Å². The Bertz CT molecular complexity index is 1490. The van der Waals surface area contributed by atoms with Crippen LogP contribution in [0, 0.1) is 0 Å². The maximum absolute atomic E-state index is 13.2. The first kappa shape index (κ1) is 23.7. The molecule has 36 heavy (non-hydrogen) atoms. The minimum atomic E-state index is -0.411. The molecular weight excluding hydrogens is 518 g/mol. The molecule has 0 aliphatic carbocycles. The second kappa shape index (κ2) is 10.7. The van der Waals surface area contributed by atoms with Crippen LogP contribution in [0.15, 0.2) is 107 Å². The van der Waals surface area contributed by atoms with E-state index in [1.807, 2.05) is 84.9 Å². The van der Waals surface area contributed by atoms with Gasteiger partial charge in [0.1, 0.15) is 11.7 Å². The summed E-state index contributed by atoms with van der Waals surface area (Å²) in [6, 6.07) is 27.3. The SMILES string of the molecule is O=C(NCCn1ncc2c(=O)n(Cc3ccc(Br)cc3)cnc21)C(c1ccccc1)c1ccccc1. The first-order valence-corrected chi connectivity index (χ1v) is 12.4. The fourth-order valence-electron chi connectivity index (χ4n) is 4.23. The number of hydrogen-bond acceptors (Lipinski definition) is 4. The van der Waals surface area contributed by atoms with Gasteiger partial charge in [0.25, 0.3) is 5.56 Å². The van der Waals surface area contributed by atoms with Gasteiger partial charge in [-0.25, -0.2) is 9.67 Å². The molecule has 5 rings (SSSR count). The van der Waals surface area contributed by atoms with E-state index in [1.165, 1.54) is 0 Å². The molecule has 0 bridgehead atoms. The predicted octanol–water partition coefficient (Wildman–Crippen LogP) is 4.35. The van der Waals surface area contributed by atoms with Crippen molar-refractivity contribution in [2.45, 2.75) is 19.0 Å². The molecule has 2 aromatic heterocycles. The maximum Gasteiger partial charge on any atom is 0.264 e. The van der Waals surface area contributed by atoms with Crippen LogP contribution < -0.4 is 10.9 Å². The third-order valence-corrected chi connectivity index (χ3v) is 6.57. The summed E-state index contributed by atoms with van der Waals surface area (Å²) < 4.78 is 4.21. The molecule has 1 amide bonds. The minimum absolute atomic E-state index is 0.0892. The summed E-state index contributed by atoms with van der Waals surface area (Å²) in [5, 5.41) is 7.84. The van der Waals surface area contributed by atoms with E-state index < -0.39 is 5.92 Å². The number of carbonyl (C=O) groups excluding carboxylic acids is 1. The zero-order chi connectivity index (χ0) is 24.9. The van der Waals surface area contributed by atoms with Crippen LogP contribution >= 0.6 is 15.9 Å². The van der Waals surface area contributed by atoms with Crippen molar-refractivity contribution in [1.29, 1.82) is 0 Å². The lowest BCUT2D eigenvalue weighted by Gasteiger charge is -2.18. The fraction of sp³-hybridized carbons (Fsp3) is 0.143. The van der Waals surface area contributed by atoms with E-state index in [9.17, 15) is 9.59 Å². The fourth-order valence-corrected chi connectivity index (χ4v) is 4.50. The highest BCUT2D eigenvalue weighted by atomic mass is 79.9. The lowest BCUT2D eigenvalue weighted by molar-refractivity contribution is -0.121. The zero-order valence-corrected chi connectivity index (χ0v) is 21.0. The number of fused-ring (bicyclic) bond motifs is 1. The van der Waals surface area contributed by atoms with Gasteiger partial charge in [0.05, 0.1) is 25.2 Å². The lowest BCUT2D eigenvalue weighted by Crippen LogP contribution is -2.32. The largest absolute Gasteiger partial charge is 0.353 e. The van der Waals surface area contributed by atoms with Gasteiger partial charge in [0, 0.05) is 11.0 Å². The van der Waals surface area contributed by atoms with Crippen LogP contribution in [0.25, 0.3) is 11.0 Å². The van der Waals surface area contributed by atoms with E-state index in [0.717, 1.165) is 21.2 Å². The van der Waals surface area contributed by atoms with Crippen LogP contribution in [0.4, 0.5) is 0 Å². The number of nitrogens with zero attached hydrogens (tertiary/aromatic N) is 4. The van der Waals surface area contributed by atoms with Crippen molar-refractivity contribution in [1.82, 2.24) is 24.6 Å². The molecular formula is C28H24BrN5O2. The average Bonchev–Trinajstić information content (AvgIpc) is 3.32. The van der Waals surface area contributed by atoms with Crippen molar-refractivity contribution in [3.8, 4) is 0 Å². The first-order valence-electron chi connectivity index (χ1n) is 11.6. The number of halogens is 1. The normalized spacial score (nSPS) is 11.2. The van der Waals surface area contributed by atoms with Crippen molar-refractivity contribution in [3.05, 3.63) is 129 Å². The molecule has 0 radical (unpaired) electrons. The van der Waals surface area contributed by atoms with Crippen molar-refractivity contribution in [2.24, 2.45) is 0 Å². The molecule has 7 nitrogen and oxygen atoms in total. The molecule has 3 aromatic carbocycles. The Labute approximate surface area is 216 Å². The van der Waals surface area contributed by atoms with E-state index in [1.54, 1.807) is 21.8 Å². The monoisotopic (exact) mass is 541 g/mol. The molecule has 0 aliphatic heterocycles. The average molecular weight is 542 g/mol. The molecule has 0 fully saturated rings. The molecule has 0 unspecified atom stereocenters. The van der Waals surface area contributed by atoms with Crippen LogP contribution in [-0.4, -0.2) is 31.8 Å². The summed E-state index contributed by atoms with van der Waals surface area (Å²) >= 11 is 3.42. The van der Waals surface area contributed by atoms with Gasteiger partial charge in [-0.2, -0.15) is 5.10 Å². The highest BCUT2D eigenvalue weighted by Crippen LogP contribution is 2.24. The summed E-state index contributed by atoms with van der Waals surface area (Å²) in [5.41, 5.74) is 3.22. The smallest absolute Gasteiger partial charge is 0.264 e. The van der Waals surface area contributed by atoms with Gasteiger partial charge < -0.3 is 5.32 Å². The van der Waals surface area contributed by atoms with Gasteiger partial charge in [0.2, 0.25) is 5.91 Å². The highest BCUT2D eigenvalue weighted by molar-refractivity contribution is 9.10. The van der Waals surface area contributed by atoms with E-state index in [4.69, 9.17) is 0 Å². The summed E-state index contributed by atoms with van der Waals surface area (Å²) in [7, 11) is 0. The van der Waals surface area contributed by atoms with Crippen molar-refractivity contribution < 1.29 is 4.79 Å². The van der Waals surface area contributed by atoms with Gasteiger partial charge in [-0.3, -0.25) is 14.2 Å². The zero-order valence-electron chi connectivity index (χ0n) is 19.4. The van der Waals surface area contributed by atoms with Crippen LogP contribution in [-0.2, 0) is 17.9 Å². The Morgan fingerprint density at radius 1 is 0.917 bits per heavy atom. The number of amides is 1. The number of benzene rings is 3. The van der Waals surface area contributed by atoms with E-state index >= 15 is 0 Å². The van der Waals surface area contributed by atoms with Crippen LogP contribution in [0.1, 0.15) is 22.6 Å². The Morgan fingerprint density at radius 2 is 1.56 bits per heavy atom. The molecule has 2 heterocycles. The molecule has 0 spiro atoms. The van der Waals surface area contributed by atoms with E-state index in [0.29, 0.717) is 30.7 Å².